The van der Waals surface area contributed by atoms with Crippen molar-refractivity contribution >= 4 is 5.69 Å². The molecule has 0 amide bonds. The maximum absolute atomic E-state index is 13.5. The average molecular weight is 226 g/mol. The zero-order valence-corrected chi connectivity index (χ0v) is 8.67. The third kappa shape index (κ3) is 1.43. The molecular weight excluding hydrogens is 214 g/mol. The van der Waals surface area contributed by atoms with Gasteiger partial charge in [-0.2, -0.15) is 0 Å². The Morgan fingerprint density at radius 2 is 2.25 bits per heavy atom. The number of ether oxygens (including phenoxy) is 1. The molecule has 86 valence electrons. The molecule has 2 aliphatic heterocycles. The Labute approximate surface area is 92.0 Å². The Bertz CT molecular complexity index is 425. The minimum atomic E-state index is -0.619. The predicted octanol–water partition coefficient (Wildman–Crippen LogP) is 1.14. The van der Waals surface area contributed by atoms with E-state index in [0.29, 0.717) is 12.3 Å². The average Bonchev–Trinajstić information content (AvgIpc) is 2.28. The van der Waals surface area contributed by atoms with E-state index in [-0.39, 0.29) is 11.8 Å². The van der Waals surface area contributed by atoms with Gasteiger partial charge in [-0.3, -0.25) is 0 Å². The molecule has 0 aromatic heterocycles. The second-order valence-corrected chi connectivity index (χ2v) is 4.10. The van der Waals surface area contributed by atoms with Crippen molar-refractivity contribution in [2.45, 2.75) is 6.04 Å². The first kappa shape index (κ1) is 9.84. The number of nitrogens with one attached hydrogen (secondary N) is 1. The van der Waals surface area contributed by atoms with E-state index in [1.165, 1.54) is 6.07 Å². The van der Waals surface area contributed by atoms with E-state index >= 15 is 0 Å². The van der Waals surface area contributed by atoms with Gasteiger partial charge in [0.25, 0.3) is 0 Å². The van der Waals surface area contributed by atoms with Crippen LogP contribution in [0, 0.1) is 11.6 Å². The van der Waals surface area contributed by atoms with Crippen LogP contribution in [0.1, 0.15) is 0 Å². The van der Waals surface area contributed by atoms with Crippen LogP contribution >= 0.6 is 0 Å². The Kier molecular flexibility index (Phi) is 2.21. The normalized spacial score (nSPS) is 23.4. The summed E-state index contributed by atoms with van der Waals surface area (Å²) in [6.07, 6.45) is 0. The van der Waals surface area contributed by atoms with E-state index in [4.69, 9.17) is 4.74 Å². The summed E-state index contributed by atoms with van der Waals surface area (Å²) in [4.78, 5) is 2.02. The summed E-state index contributed by atoms with van der Waals surface area (Å²) in [6.45, 7) is 2.82. The Morgan fingerprint density at radius 3 is 3.12 bits per heavy atom. The van der Waals surface area contributed by atoms with Crippen molar-refractivity contribution in [1.29, 1.82) is 0 Å². The molecular formula is C11H12F2N2O. The molecule has 0 spiro atoms. The van der Waals surface area contributed by atoms with Crippen LogP contribution < -0.4 is 15.0 Å². The summed E-state index contributed by atoms with van der Waals surface area (Å²) in [5.41, 5.74) is 0.537. The third-order valence-electron chi connectivity index (χ3n) is 3.07. The van der Waals surface area contributed by atoms with Crippen LogP contribution in [0.3, 0.4) is 0 Å². The maximum Gasteiger partial charge on any atom is 0.178 e. The lowest BCUT2D eigenvalue weighted by atomic mass is 10.1. The minimum Gasteiger partial charge on any atom is -0.486 e. The molecule has 2 heterocycles. The molecule has 2 aliphatic rings. The number of halogens is 2. The van der Waals surface area contributed by atoms with Gasteiger partial charge in [0.2, 0.25) is 0 Å². The summed E-state index contributed by atoms with van der Waals surface area (Å²) in [7, 11) is 0. The maximum atomic E-state index is 13.5. The molecule has 5 heteroatoms. The van der Waals surface area contributed by atoms with Crippen LogP contribution in [0.2, 0.25) is 0 Å². The Hall–Kier alpha value is -1.36. The summed E-state index contributed by atoms with van der Waals surface area (Å²) in [6, 6.07) is 2.37. The van der Waals surface area contributed by atoms with Gasteiger partial charge in [0.1, 0.15) is 12.4 Å². The smallest absolute Gasteiger partial charge is 0.178 e. The molecule has 3 nitrogen and oxygen atoms in total. The fourth-order valence-corrected chi connectivity index (χ4v) is 2.31. The molecule has 1 fully saturated rings. The number of rotatable bonds is 0. The van der Waals surface area contributed by atoms with E-state index in [1.807, 2.05) is 4.90 Å². The quantitative estimate of drug-likeness (QED) is 0.718. The fraction of sp³-hybridized carbons (Fsp3) is 0.455. The van der Waals surface area contributed by atoms with Gasteiger partial charge in [-0.15, -0.1) is 0 Å². The molecule has 0 saturated carbocycles. The number of piperazine rings is 1. The summed E-state index contributed by atoms with van der Waals surface area (Å²) >= 11 is 0. The van der Waals surface area contributed by atoms with Crippen molar-refractivity contribution in [3.63, 3.8) is 0 Å². The monoisotopic (exact) mass is 226 g/mol. The van der Waals surface area contributed by atoms with Crippen LogP contribution in [0.25, 0.3) is 0 Å². The molecule has 1 atom stereocenters. The molecule has 0 bridgehead atoms. The van der Waals surface area contributed by atoms with E-state index in [9.17, 15) is 8.78 Å². The van der Waals surface area contributed by atoms with Crippen molar-refractivity contribution in [3.05, 3.63) is 23.8 Å². The van der Waals surface area contributed by atoms with E-state index in [0.717, 1.165) is 25.7 Å². The fourth-order valence-electron chi connectivity index (χ4n) is 2.31. The zero-order valence-electron chi connectivity index (χ0n) is 8.67. The molecule has 1 saturated heterocycles. The molecule has 0 aliphatic carbocycles. The lowest BCUT2D eigenvalue weighted by Crippen LogP contribution is -2.55. The SMILES string of the molecule is Fc1cc(F)c2c(c1)N1CCNCC1CO2. The highest BCUT2D eigenvalue weighted by Crippen LogP contribution is 2.37. The van der Waals surface area contributed by atoms with Gasteiger partial charge in [-0.1, -0.05) is 0 Å². The molecule has 1 aromatic carbocycles. The van der Waals surface area contributed by atoms with E-state index < -0.39 is 11.6 Å². The van der Waals surface area contributed by atoms with Gasteiger partial charge in [-0.05, 0) is 0 Å². The molecule has 16 heavy (non-hydrogen) atoms. The first-order valence-corrected chi connectivity index (χ1v) is 5.35. The van der Waals surface area contributed by atoms with Crippen molar-refractivity contribution in [3.8, 4) is 5.75 Å². The summed E-state index contributed by atoms with van der Waals surface area (Å²) in [5, 5.41) is 3.23. The summed E-state index contributed by atoms with van der Waals surface area (Å²) in [5.74, 6) is -0.995. The molecule has 1 unspecified atom stereocenters. The number of fused-ring (bicyclic) bond motifs is 3. The second kappa shape index (κ2) is 3.59. The van der Waals surface area contributed by atoms with Crippen LogP contribution in [-0.2, 0) is 0 Å². The number of hydrogen-bond donors (Lipinski definition) is 1. The first-order chi connectivity index (χ1) is 7.75. The van der Waals surface area contributed by atoms with E-state index in [1.54, 1.807) is 0 Å². The molecule has 0 radical (unpaired) electrons. The number of hydrogen-bond acceptors (Lipinski definition) is 3. The highest BCUT2D eigenvalue weighted by Gasteiger charge is 2.31. The van der Waals surface area contributed by atoms with Crippen LogP contribution in [0.4, 0.5) is 14.5 Å². The Balaban J connectivity index is 2.06. The van der Waals surface area contributed by atoms with Crippen molar-refractivity contribution in [2.75, 3.05) is 31.1 Å². The Morgan fingerprint density at radius 1 is 1.38 bits per heavy atom. The first-order valence-electron chi connectivity index (χ1n) is 5.35. The highest BCUT2D eigenvalue weighted by atomic mass is 19.1. The molecule has 1 N–H and O–H groups in total. The number of anilines is 1. The van der Waals surface area contributed by atoms with Gasteiger partial charge < -0.3 is 15.0 Å². The van der Waals surface area contributed by atoms with Gasteiger partial charge in [-0.25, -0.2) is 8.78 Å². The number of benzene rings is 1. The third-order valence-corrected chi connectivity index (χ3v) is 3.07. The minimum absolute atomic E-state index is 0.169. The lowest BCUT2D eigenvalue weighted by Gasteiger charge is -2.41. The summed E-state index contributed by atoms with van der Waals surface area (Å²) < 4.78 is 32.0. The highest BCUT2D eigenvalue weighted by molar-refractivity contribution is 5.62. The standard InChI is InChI=1S/C11H12F2N2O/c12-7-3-9(13)11-10(4-7)15-2-1-14-5-8(15)6-16-11/h3-4,8,14H,1-2,5-6H2. The topological polar surface area (TPSA) is 24.5 Å². The van der Waals surface area contributed by atoms with Crippen molar-refractivity contribution < 1.29 is 13.5 Å². The van der Waals surface area contributed by atoms with Gasteiger partial charge in [0.05, 0.1) is 11.7 Å². The van der Waals surface area contributed by atoms with Gasteiger partial charge in [0, 0.05) is 31.8 Å². The number of nitrogens with zero attached hydrogens (tertiary/aromatic N) is 1. The van der Waals surface area contributed by atoms with Gasteiger partial charge >= 0.3 is 0 Å². The predicted molar refractivity (Wildman–Crippen MR) is 55.9 cm³/mol. The van der Waals surface area contributed by atoms with Crippen LogP contribution in [0.5, 0.6) is 5.75 Å². The second-order valence-electron chi connectivity index (χ2n) is 4.10. The van der Waals surface area contributed by atoms with Crippen molar-refractivity contribution in [1.82, 2.24) is 5.32 Å². The largest absolute Gasteiger partial charge is 0.486 e. The van der Waals surface area contributed by atoms with Crippen LogP contribution in [-0.4, -0.2) is 32.3 Å². The van der Waals surface area contributed by atoms with Gasteiger partial charge in [0.15, 0.2) is 11.6 Å². The lowest BCUT2D eigenvalue weighted by molar-refractivity contribution is 0.236. The zero-order chi connectivity index (χ0) is 11.1. The molecule has 3 rings (SSSR count). The molecule has 1 aromatic rings. The van der Waals surface area contributed by atoms with Crippen LogP contribution in [0.15, 0.2) is 12.1 Å². The van der Waals surface area contributed by atoms with E-state index in [2.05, 4.69) is 5.32 Å². The van der Waals surface area contributed by atoms with Crippen molar-refractivity contribution in [2.24, 2.45) is 0 Å².